The highest BCUT2D eigenvalue weighted by atomic mass is 79.9. The Morgan fingerprint density at radius 2 is 1.38 bits per heavy atom. The summed E-state index contributed by atoms with van der Waals surface area (Å²) in [5.41, 5.74) is 1.10. The van der Waals surface area contributed by atoms with Crippen LogP contribution in [-0.2, 0) is 10.2 Å². The molecule has 7 heteroatoms. The normalized spacial score (nSPS) is 24.9. The molecule has 0 amide bonds. The van der Waals surface area contributed by atoms with Crippen molar-refractivity contribution < 1.29 is 15.0 Å². The molecule has 0 spiro atoms. The first-order chi connectivity index (χ1) is 13.5. The van der Waals surface area contributed by atoms with Gasteiger partial charge in [-0.1, -0.05) is 13.8 Å². The second kappa shape index (κ2) is 8.64. The van der Waals surface area contributed by atoms with E-state index in [0.29, 0.717) is 23.8 Å². The van der Waals surface area contributed by atoms with Crippen molar-refractivity contribution in [2.24, 2.45) is 11.8 Å². The Kier molecular flexibility index (Phi) is 6.94. The lowest BCUT2D eigenvalue weighted by Gasteiger charge is -2.43. The molecule has 0 saturated heterocycles. The maximum Gasteiger partial charge on any atom is 0.150 e. The minimum Gasteiger partial charge on any atom is -0.506 e. The molecule has 1 aliphatic rings. The number of phenolic OH excluding ortho intramolecular Hbond substituents is 2. The fourth-order valence-electron chi connectivity index (χ4n) is 4.34. The van der Waals surface area contributed by atoms with E-state index in [2.05, 4.69) is 77.6 Å². The van der Waals surface area contributed by atoms with Crippen LogP contribution in [0.3, 0.4) is 0 Å². The molecular formula is C22H22Br4O3. The number of rotatable bonds is 3. The van der Waals surface area contributed by atoms with Crippen LogP contribution < -0.4 is 0 Å². The van der Waals surface area contributed by atoms with Crippen LogP contribution in [0.5, 0.6) is 11.5 Å². The number of Topliss-reactive ketones (excluding diaryl/α,β-unsaturated/α-hetero) is 1. The van der Waals surface area contributed by atoms with Crippen molar-refractivity contribution >= 4 is 69.5 Å². The topological polar surface area (TPSA) is 57.5 Å². The first-order valence-electron chi connectivity index (χ1n) is 9.38. The zero-order valence-electron chi connectivity index (χ0n) is 16.3. The number of ketones is 1. The van der Waals surface area contributed by atoms with Crippen molar-refractivity contribution in [1.82, 2.24) is 0 Å². The fourth-order valence-corrected chi connectivity index (χ4v) is 6.74. The van der Waals surface area contributed by atoms with Crippen molar-refractivity contribution in [3.05, 3.63) is 53.3 Å². The Morgan fingerprint density at radius 1 is 0.931 bits per heavy atom. The Hall–Kier alpha value is -0.370. The number of halogens is 4. The molecule has 3 unspecified atom stereocenters. The van der Waals surface area contributed by atoms with Crippen LogP contribution >= 0.6 is 63.7 Å². The van der Waals surface area contributed by atoms with Gasteiger partial charge in [-0.05, 0) is 131 Å². The monoisotopic (exact) mass is 650 g/mol. The summed E-state index contributed by atoms with van der Waals surface area (Å²) in [4.78, 5) is 14.0. The average molecular weight is 654 g/mol. The maximum atomic E-state index is 14.0. The quantitative estimate of drug-likeness (QED) is 0.355. The largest absolute Gasteiger partial charge is 0.506 e. The molecule has 0 bridgehead atoms. The zero-order chi connectivity index (χ0) is 21.7. The Morgan fingerprint density at radius 3 is 1.83 bits per heavy atom. The van der Waals surface area contributed by atoms with Gasteiger partial charge in [0.2, 0.25) is 0 Å². The van der Waals surface area contributed by atoms with Crippen LogP contribution in [0.4, 0.5) is 0 Å². The van der Waals surface area contributed by atoms with Gasteiger partial charge in [0.1, 0.15) is 11.5 Å². The summed E-state index contributed by atoms with van der Waals surface area (Å²) in [6, 6.07) is 7.39. The van der Waals surface area contributed by atoms with E-state index in [4.69, 9.17) is 0 Å². The van der Waals surface area contributed by atoms with Crippen molar-refractivity contribution in [3.8, 4) is 11.5 Å². The number of benzene rings is 2. The lowest BCUT2D eigenvalue weighted by Crippen LogP contribution is -2.45. The minimum atomic E-state index is -0.675. The SMILES string of the molecule is CC(C)C1CCC(C)(c2cc(Br)c(O)c(Br)c2)C(=O)C1c1cc(Br)c(O)c(Br)c1. The van der Waals surface area contributed by atoms with Crippen molar-refractivity contribution in [2.45, 2.75) is 44.9 Å². The van der Waals surface area contributed by atoms with Gasteiger partial charge >= 0.3 is 0 Å². The first kappa shape index (κ1) is 23.3. The standard InChI is InChI=1S/C22H22Br4O3/c1-10(2)13-4-5-22(3,12-8-16(25)20(28)17(26)9-12)21(29)18(13)11-6-14(23)19(27)15(24)7-11/h6-10,13,18,27-28H,4-5H2,1-3H3. The molecule has 2 aromatic rings. The molecule has 0 radical (unpaired) electrons. The minimum absolute atomic E-state index is 0.128. The van der Waals surface area contributed by atoms with Crippen LogP contribution in [-0.4, -0.2) is 16.0 Å². The molecule has 3 atom stereocenters. The lowest BCUT2D eigenvalue weighted by atomic mass is 9.58. The lowest BCUT2D eigenvalue weighted by molar-refractivity contribution is -0.130. The number of hydrogen-bond acceptors (Lipinski definition) is 3. The highest BCUT2D eigenvalue weighted by molar-refractivity contribution is 9.11. The molecule has 1 saturated carbocycles. The maximum absolute atomic E-state index is 14.0. The second-order valence-corrected chi connectivity index (χ2v) is 11.7. The first-order valence-corrected chi connectivity index (χ1v) is 12.5. The summed E-state index contributed by atoms with van der Waals surface area (Å²) in [6.07, 6.45) is 1.66. The fraction of sp³-hybridized carbons (Fsp3) is 0.409. The highest BCUT2D eigenvalue weighted by Crippen LogP contribution is 2.51. The third-order valence-electron chi connectivity index (χ3n) is 6.14. The van der Waals surface area contributed by atoms with Crippen LogP contribution in [0.15, 0.2) is 42.2 Å². The van der Waals surface area contributed by atoms with E-state index in [-0.39, 0.29) is 29.1 Å². The zero-order valence-corrected chi connectivity index (χ0v) is 22.6. The van der Waals surface area contributed by atoms with E-state index in [0.717, 1.165) is 24.0 Å². The third-order valence-corrected chi connectivity index (χ3v) is 8.56. The van der Waals surface area contributed by atoms with Gasteiger partial charge in [-0.15, -0.1) is 0 Å². The van der Waals surface area contributed by atoms with E-state index in [1.807, 2.05) is 31.2 Å². The van der Waals surface area contributed by atoms with Crippen LogP contribution in [0.25, 0.3) is 0 Å². The van der Waals surface area contributed by atoms with Crippen molar-refractivity contribution in [3.63, 3.8) is 0 Å². The molecule has 0 aliphatic heterocycles. The molecule has 29 heavy (non-hydrogen) atoms. The van der Waals surface area contributed by atoms with Gasteiger partial charge in [0.05, 0.1) is 23.3 Å². The van der Waals surface area contributed by atoms with Crippen LogP contribution in [0.1, 0.15) is 50.7 Å². The van der Waals surface area contributed by atoms with E-state index >= 15 is 0 Å². The molecule has 1 aliphatic carbocycles. The van der Waals surface area contributed by atoms with Crippen LogP contribution in [0, 0.1) is 11.8 Å². The molecule has 0 heterocycles. The average Bonchev–Trinajstić information content (AvgIpc) is 2.65. The molecule has 2 N–H and O–H groups in total. The van der Waals surface area contributed by atoms with Gasteiger partial charge in [-0.25, -0.2) is 0 Å². The number of hydrogen-bond donors (Lipinski definition) is 2. The van der Waals surface area contributed by atoms with Crippen molar-refractivity contribution in [2.75, 3.05) is 0 Å². The van der Waals surface area contributed by atoms with E-state index in [1.165, 1.54) is 0 Å². The Balaban J connectivity index is 2.14. The van der Waals surface area contributed by atoms with Gasteiger partial charge in [0.25, 0.3) is 0 Å². The predicted octanol–water partition coefficient (Wildman–Crippen LogP) is 7.82. The Labute approximate surface area is 204 Å². The van der Waals surface area contributed by atoms with Gasteiger partial charge < -0.3 is 10.2 Å². The van der Waals surface area contributed by atoms with Gasteiger partial charge in [0.15, 0.2) is 5.78 Å². The smallest absolute Gasteiger partial charge is 0.150 e. The molecule has 2 aromatic carbocycles. The number of aromatic hydroxyl groups is 2. The van der Waals surface area contributed by atoms with E-state index in [1.54, 1.807) is 0 Å². The Bertz CT molecular complexity index is 927. The van der Waals surface area contributed by atoms with Gasteiger partial charge in [0, 0.05) is 5.92 Å². The number of phenols is 2. The van der Waals surface area contributed by atoms with Gasteiger partial charge in [-0.3, -0.25) is 4.79 Å². The molecule has 1 fully saturated rings. The van der Waals surface area contributed by atoms with Crippen LogP contribution in [0.2, 0.25) is 0 Å². The van der Waals surface area contributed by atoms with Crippen molar-refractivity contribution in [1.29, 1.82) is 0 Å². The third kappa shape index (κ3) is 4.21. The summed E-state index contributed by atoms with van der Waals surface area (Å²) in [5, 5.41) is 20.2. The summed E-state index contributed by atoms with van der Waals surface area (Å²) >= 11 is 13.6. The molecule has 0 aromatic heterocycles. The predicted molar refractivity (Wildman–Crippen MR) is 130 cm³/mol. The summed E-state index contributed by atoms with van der Waals surface area (Å²) in [5.74, 6) is 0.696. The second-order valence-electron chi connectivity index (χ2n) is 8.24. The van der Waals surface area contributed by atoms with E-state index in [9.17, 15) is 15.0 Å². The van der Waals surface area contributed by atoms with E-state index < -0.39 is 5.41 Å². The summed E-state index contributed by atoms with van der Waals surface area (Å²) in [7, 11) is 0. The summed E-state index contributed by atoms with van der Waals surface area (Å²) in [6.45, 7) is 6.31. The number of carbonyl (C=O) groups excluding carboxylic acids is 1. The molecule has 3 rings (SSSR count). The van der Waals surface area contributed by atoms with Gasteiger partial charge in [-0.2, -0.15) is 0 Å². The highest BCUT2D eigenvalue weighted by Gasteiger charge is 2.48. The molecule has 156 valence electrons. The number of carbonyl (C=O) groups is 1. The molecule has 3 nitrogen and oxygen atoms in total. The molecular weight excluding hydrogens is 632 g/mol. The summed E-state index contributed by atoms with van der Waals surface area (Å²) < 4.78 is 2.27.